The first-order valence-electron chi connectivity index (χ1n) is 5.99. The third-order valence-electron chi connectivity index (χ3n) is 3.50. The fraction of sp³-hybridized carbons (Fsp3) is 0.429. The SMILES string of the molecule is CC1(C)Cc2[nH]c3ccccc3c2CCN1. The van der Waals surface area contributed by atoms with Crippen molar-refractivity contribution in [2.24, 2.45) is 0 Å². The summed E-state index contributed by atoms with van der Waals surface area (Å²) in [5.41, 5.74) is 4.40. The molecular formula is C14H18N2. The Morgan fingerprint density at radius 2 is 2.00 bits per heavy atom. The summed E-state index contributed by atoms with van der Waals surface area (Å²) in [6.45, 7) is 5.61. The van der Waals surface area contributed by atoms with Gasteiger partial charge in [-0.15, -0.1) is 0 Å². The van der Waals surface area contributed by atoms with Gasteiger partial charge in [0.15, 0.2) is 0 Å². The average Bonchev–Trinajstić information content (AvgIpc) is 2.48. The zero-order chi connectivity index (χ0) is 11.2. The zero-order valence-corrected chi connectivity index (χ0v) is 9.93. The lowest BCUT2D eigenvalue weighted by Crippen LogP contribution is -2.40. The molecule has 0 amide bonds. The van der Waals surface area contributed by atoms with E-state index in [2.05, 4.69) is 48.4 Å². The largest absolute Gasteiger partial charge is 0.358 e. The van der Waals surface area contributed by atoms with Gasteiger partial charge in [-0.3, -0.25) is 0 Å². The number of nitrogens with one attached hydrogen (secondary N) is 2. The van der Waals surface area contributed by atoms with Crippen LogP contribution in [0.5, 0.6) is 0 Å². The summed E-state index contributed by atoms with van der Waals surface area (Å²) >= 11 is 0. The Morgan fingerprint density at radius 3 is 2.88 bits per heavy atom. The van der Waals surface area contributed by atoms with Gasteiger partial charge in [-0.1, -0.05) is 18.2 Å². The Balaban J connectivity index is 2.18. The summed E-state index contributed by atoms with van der Waals surface area (Å²) in [6.07, 6.45) is 2.21. The van der Waals surface area contributed by atoms with Crippen molar-refractivity contribution in [3.05, 3.63) is 35.5 Å². The molecule has 0 radical (unpaired) electrons. The highest BCUT2D eigenvalue weighted by atomic mass is 15.0. The summed E-state index contributed by atoms with van der Waals surface area (Å²) in [4.78, 5) is 3.57. The van der Waals surface area contributed by atoms with Crippen LogP contribution in [-0.2, 0) is 12.8 Å². The Hall–Kier alpha value is -1.28. The second-order valence-electron chi connectivity index (χ2n) is 5.37. The minimum absolute atomic E-state index is 0.201. The van der Waals surface area contributed by atoms with E-state index in [4.69, 9.17) is 0 Å². The Kier molecular flexibility index (Phi) is 2.08. The standard InChI is InChI=1S/C14H18N2/c1-14(2)9-13-11(7-8-15-14)10-5-3-4-6-12(10)16-13/h3-6,15-16H,7-9H2,1-2H3. The monoisotopic (exact) mass is 214 g/mol. The molecule has 1 aromatic carbocycles. The highest BCUT2D eigenvalue weighted by Gasteiger charge is 2.24. The van der Waals surface area contributed by atoms with Gasteiger partial charge in [-0.2, -0.15) is 0 Å². The van der Waals surface area contributed by atoms with E-state index in [1.54, 1.807) is 0 Å². The topological polar surface area (TPSA) is 27.8 Å². The van der Waals surface area contributed by atoms with Crippen LogP contribution in [0.15, 0.2) is 24.3 Å². The van der Waals surface area contributed by atoms with Crippen molar-refractivity contribution in [3.8, 4) is 0 Å². The number of para-hydroxylation sites is 1. The lowest BCUT2D eigenvalue weighted by atomic mass is 9.98. The van der Waals surface area contributed by atoms with Gasteiger partial charge in [-0.25, -0.2) is 0 Å². The maximum atomic E-state index is 3.60. The van der Waals surface area contributed by atoms with Gasteiger partial charge in [0.05, 0.1) is 0 Å². The summed E-state index contributed by atoms with van der Waals surface area (Å²) in [6, 6.07) is 8.62. The molecule has 1 aliphatic rings. The van der Waals surface area contributed by atoms with E-state index >= 15 is 0 Å². The third kappa shape index (κ3) is 1.54. The normalized spacial score (nSPS) is 19.4. The molecule has 0 fully saturated rings. The van der Waals surface area contributed by atoms with E-state index < -0.39 is 0 Å². The van der Waals surface area contributed by atoms with E-state index in [-0.39, 0.29) is 5.54 Å². The van der Waals surface area contributed by atoms with Crippen molar-refractivity contribution in [3.63, 3.8) is 0 Å². The minimum Gasteiger partial charge on any atom is -0.358 e. The van der Waals surface area contributed by atoms with Crippen LogP contribution in [0.25, 0.3) is 10.9 Å². The van der Waals surface area contributed by atoms with Gasteiger partial charge < -0.3 is 10.3 Å². The Bertz CT molecular complexity index is 523. The lowest BCUT2D eigenvalue weighted by Gasteiger charge is -2.23. The van der Waals surface area contributed by atoms with Crippen LogP contribution in [-0.4, -0.2) is 17.1 Å². The summed E-state index contributed by atoms with van der Waals surface area (Å²) in [7, 11) is 0. The molecule has 1 aromatic heterocycles. The van der Waals surface area contributed by atoms with Crippen molar-refractivity contribution in [1.29, 1.82) is 0 Å². The van der Waals surface area contributed by atoms with Gasteiger partial charge in [0.2, 0.25) is 0 Å². The van der Waals surface area contributed by atoms with Crippen LogP contribution in [0.1, 0.15) is 25.1 Å². The number of rotatable bonds is 0. The molecule has 1 aliphatic heterocycles. The predicted molar refractivity (Wildman–Crippen MR) is 67.8 cm³/mol. The molecule has 16 heavy (non-hydrogen) atoms. The number of fused-ring (bicyclic) bond motifs is 3. The van der Waals surface area contributed by atoms with Crippen LogP contribution in [0.2, 0.25) is 0 Å². The van der Waals surface area contributed by atoms with Crippen LogP contribution in [0, 0.1) is 0 Å². The van der Waals surface area contributed by atoms with Crippen LogP contribution in [0.4, 0.5) is 0 Å². The molecule has 2 heteroatoms. The first-order chi connectivity index (χ1) is 7.66. The highest BCUT2D eigenvalue weighted by Crippen LogP contribution is 2.27. The quantitative estimate of drug-likeness (QED) is 0.693. The molecule has 0 unspecified atom stereocenters. The molecule has 84 valence electrons. The van der Waals surface area contributed by atoms with E-state index in [9.17, 15) is 0 Å². The fourth-order valence-electron chi connectivity index (χ4n) is 2.72. The molecule has 0 bridgehead atoms. The maximum absolute atomic E-state index is 3.60. The summed E-state index contributed by atoms with van der Waals surface area (Å²) in [5, 5.41) is 5.00. The summed E-state index contributed by atoms with van der Waals surface area (Å²) in [5.74, 6) is 0. The Morgan fingerprint density at radius 1 is 1.19 bits per heavy atom. The number of aromatic nitrogens is 1. The molecular weight excluding hydrogens is 196 g/mol. The van der Waals surface area contributed by atoms with E-state index in [1.807, 2.05) is 0 Å². The second-order valence-corrected chi connectivity index (χ2v) is 5.37. The molecule has 2 heterocycles. The molecule has 3 rings (SSSR count). The van der Waals surface area contributed by atoms with E-state index in [1.165, 1.54) is 22.2 Å². The van der Waals surface area contributed by atoms with Crippen LogP contribution < -0.4 is 5.32 Å². The number of benzene rings is 1. The second kappa shape index (κ2) is 3.36. The van der Waals surface area contributed by atoms with Gasteiger partial charge in [0, 0.05) is 28.6 Å². The number of aromatic amines is 1. The average molecular weight is 214 g/mol. The van der Waals surface area contributed by atoms with Gasteiger partial charge >= 0.3 is 0 Å². The van der Waals surface area contributed by atoms with Gasteiger partial charge in [0.1, 0.15) is 0 Å². The van der Waals surface area contributed by atoms with Crippen molar-refractivity contribution >= 4 is 10.9 Å². The van der Waals surface area contributed by atoms with E-state index in [0.29, 0.717) is 0 Å². The van der Waals surface area contributed by atoms with Crippen LogP contribution in [0.3, 0.4) is 0 Å². The molecule has 2 aromatic rings. The lowest BCUT2D eigenvalue weighted by molar-refractivity contribution is 0.398. The van der Waals surface area contributed by atoms with Gasteiger partial charge in [0.25, 0.3) is 0 Å². The zero-order valence-electron chi connectivity index (χ0n) is 9.93. The van der Waals surface area contributed by atoms with Crippen molar-refractivity contribution in [2.75, 3.05) is 6.54 Å². The van der Waals surface area contributed by atoms with E-state index in [0.717, 1.165) is 19.4 Å². The molecule has 0 aliphatic carbocycles. The molecule has 2 N–H and O–H groups in total. The summed E-state index contributed by atoms with van der Waals surface area (Å²) < 4.78 is 0. The van der Waals surface area contributed by atoms with Crippen molar-refractivity contribution < 1.29 is 0 Å². The molecule has 2 nitrogen and oxygen atoms in total. The number of H-pyrrole nitrogens is 1. The fourth-order valence-corrected chi connectivity index (χ4v) is 2.72. The molecule has 0 atom stereocenters. The third-order valence-corrected chi connectivity index (χ3v) is 3.50. The van der Waals surface area contributed by atoms with Gasteiger partial charge in [-0.05, 0) is 38.4 Å². The maximum Gasteiger partial charge on any atom is 0.0458 e. The van der Waals surface area contributed by atoms with Crippen molar-refractivity contribution in [2.45, 2.75) is 32.2 Å². The Labute approximate surface area is 96.1 Å². The minimum atomic E-state index is 0.201. The first kappa shape index (κ1) is 9.91. The number of hydrogen-bond donors (Lipinski definition) is 2. The van der Waals surface area contributed by atoms with Crippen molar-refractivity contribution in [1.82, 2.24) is 10.3 Å². The molecule has 0 spiro atoms. The molecule has 0 saturated heterocycles. The first-order valence-corrected chi connectivity index (χ1v) is 5.99. The smallest absolute Gasteiger partial charge is 0.0458 e. The predicted octanol–water partition coefficient (Wildman–Crippen LogP) is 2.63. The highest BCUT2D eigenvalue weighted by molar-refractivity contribution is 5.84. The number of hydrogen-bond acceptors (Lipinski definition) is 1. The molecule has 0 saturated carbocycles. The van der Waals surface area contributed by atoms with Crippen LogP contribution >= 0.6 is 0 Å².